The van der Waals surface area contributed by atoms with Crippen LogP contribution in [0, 0.1) is 6.92 Å². The van der Waals surface area contributed by atoms with Crippen LogP contribution >= 0.6 is 0 Å². The Morgan fingerprint density at radius 1 is 1.03 bits per heavy atom. The fourth-order valence-electron chi connectivity index (χ4n) is 3.58. The lowest BCUT2D eigenvalue weighted by molar-refractivity contribution is -0.118. The van der Waals surface area contributed by atoms with Crippen LogP contribution in [0.5, 0.6) is 5.75 Å². The van der Waals surface area contributed by atoms with Crippen LogP contribution in [0.2, 0.25) is 0 Å². The summed E-state index contributed by atoms with van der Waals surface area (Å²) in [6.07, 6.45) is 0.124. The molecule has 0 heterocycles. The number of fused-ring (bicyclic) bond motifs is 1. The summed E-state index contributed by atoms with van der Waals surface area (Å²) in [7, 11) is 3.35. The van der Waals surface area contributed by atoms with Crippen molar-refractivity contribution in [3.05, 3.63) is 65.7 Å². The van der Waals surface area contributed by atoms with Gasteiger partial charge in [-0.25, -0.2) is 0 Å². The second-order valence-corrected chi connectivity index (χ2v) is 7.35. The van der Waals surface area contributed by atoms with Gasteiger partial charge in [-0.15, -0.1) is 0 Å². The van der Waals surface area contributed by atoms with E-state index in [4.69, 9.17) is 10.5 Å². The van der Waals surface area contributed by atoms with Crippen LogP contribution in [0.1, 0.15) is 29.3 Å². The number of ether oxygens (including phenoxy) is 1. The molecule has 5 nitrogen and oxygen atoms in total. The third kappa shape index (κ3) is 4.09. The Morgan fingerprint density at radius 3 is 2.41 bits per heavy atom. The average molecular weight is 390 g/mol. The molecule has 0 aliphatic carbocycles. The molecule has 0 saturated carbocycles. The number of carbonyl (C=O) groups is 2. The van der Waals surface area contributed by atoms with E-state index in [1.165, 1.54) is 0 Å². The molecule has 1 atom stereocenters. The molecule has 0 spiro atoms. The number of nitrogens with zero attached hydrogens (tertiary/aromatic N) is 1. The zero-order valence-electron chi connectivity index (χ0n) is 17.2. The third-order valence-corrected chi connectivity index (χ3v) is 5.28. The Bertz CT molecular complexity index is 1070. The van der Waals surface area contributed by atoms with Crippen molar-refractivity contribution in [1.82, 2.24) is 4.90 Å². The van der Waals surface area contributed by atoms with E-state index < -0.39 is 5.91 Å². The lowest BCUT2D eigenvalue weighted by atomic mass is 9.93. The van der Waals surface area contributed by atoms with Gasteiger partial charge in [0.05, 0.1) is 7.11 Å². The molecule has 29 heavy (non-hydrogen) atoms. The molecule has 0 fully saturated rings. The Hall–Kier alpha value is -3.34. The molecular weight excluding hydrogens is 364 g/mol. The summed E-state index contributed by atoms with van der Waals surface area (Å²) in [4.78, 5) is 26.0. The van der Waals surface area contributed by atoms with Gasteiger partial charge in [-0.3, -0.25) is 9.59 Å². The SMILES string of the molecule is COc1ccc(C)cc1-c1cccc2c(C(=O)N(C)C(C)CC(N)=O)cccc12. The van der Waals surface area contributed by atoms with Crippen LogP contribution in [0.15, 0.2) is 54.6 Å². The van der Waals surface area contributed by atoms with Gasteiger partial charge in [0.2, 0.25) is 5.91 Å². The van der Waals surface area contributed by atoms with Crippen molar-refractivity contribution >= 4 is 22.6 Å². The van der Waals surface area contributed by atoms with Crippen LogP contribution in [0.3, 0.4) is 0 Å². The minimum absolute atomic E-state index is 0.124. The Morgan fingerprint density at radius 2 is 1.72 bits per heavy atom. The number of benzene rings is 3. The van der Waals surface area contributed by atoms with E-state index in [1.54, 1.807) is 19.1 Å². The first-order valence-corrected chi connectivity index (χ1v) is 9.55. The third-order valence-electron chi connectivity index (χ3n) is 5.28. The normalized spacial score (nSPS) is 11.9. The van der Waals surface area contributed by atoms with Gasteiger partial charge in [0.25, 0.3) is 5.91 Å². The first kappa shape index (κ1) is 20.4. The van der Waals surface area contributed by atoms with E-state index in [1.807, 2.05) is 62.4 Å². The maximum absolute atomic E-state index is 13.2. The van der Waals surface area contributed by atoms with Gasteiger partial charge in [0.1, 0.15) is 5.75 Å². The Balaban J connectivity index is 2.12. The molecule has 0 aliphatic rings. The molecule has 5 heteroatoms. The molecule has 1 unspecified atom stereocenters. The zero-order chi connectivity index (χ0) is 21.1. The van der Waals surface area contributed by atoms with Crippen molar-refractivity contribution in [3.63, 3.8) is 0 Å². The summed E-state index contributed by atoms with van der Waals surface area (Å²) in [5.41, 5.74) is 9.01. The standard InChI is InChI=1S/C24H26N2O3/c1-15-11-12-22(29-4)21(13-15)19-9-5-8-18-17(19)7-6-10-20(18)24(28)26(3)16(2)14-23(25)27/h5-13,16H,14H2,1-4H3,(H2,25,27). The number of carbonyl (C=O) groups excluding carboxylic acids is 2. The predicted octanol–water partition coefficient (Wildman–Crippen LogP) is 4.16. The molecule has 3 rings (SSSR count). The van der Waals surface area contributed by atoms with Crippen LogP contribution < -0.4 is 10.5 Å². The summed E-state index contributed by atoms with van der Waals surface area (Å²) in [6, 6.07) is 17.4. The highest BCUT2D eigenvalue weighted by Gasteiger charge is 2.21. The van der Waals surface area contributed by atoms with E-state index in [-0.39, 0.29) is 18.4 Å². The maximum atomic E-state index is 13.2. The second kappa shape index (κ2) is 8.35. The number of hydrogen-bond acceptors (Lipinski definition) is 3. The highest BCUT2D eigenvalue weighted by atomic mass is 16.5. The van der Waals surface area contributed by atoms with Crippen molar-refractivity contribution < 1.29 is 14.3 Å². The number of nitrogens with two attached hydrogens (primary N) is 1. The van der Waals surface area contributed by atoms with Gasteiger partial charge < -0.3 is 15.4 Å². The Labute approximate surface area is 171 Å². The number of aryl methyl sites for hydroxylation is 1. The molecule has 3 aromatic rings. The summed E-state index contributed by atoms with van der Waals surface area (Å²) in [5, 5.41) is 1.83. The van der Waals surface area contributed by atoms with Crippen molar-refractivity contribution in [2.45, 2.75) is 26.3 Å². The molecule has 0 saturated heterocycles. The molecular formula is C24H26N2O3. The fourth-order valence-corrected chi connectivity index (χ4v) is 3.58. The second-order valence-electron chi connectivity index (χ2n) is 7.35. The molecule has 0 bridgehead atoms. The quantitative estimate of drug-likeness (QED) is 0.687. The van der Waals surface area contributed by atoms with Crippen molar-refractivity contribution in [3.8, 4) is 16.9 Å². The Kier molecular flexibility index (Phi) is 5.87. The highest BCUT2D eigenvalue weighted by Crippen LogP contribution is 2.36. The lowest BCUT2D eigenvalue weighted by Gasteiger charge is -2.25. The van der Waals surface area contributed by atoms with Crippen LogP contribution in [-0.2, 0) is 4.79 Å². The summed E-state index contributed by atoms with van der Waals surface area (Å²) >= 11 is 0. The minimum atomic E-state index is -0.427. The van der Waals surface area contributed by atoms with E-state index in [0.29, 0.717) is 5.56 Å². The van der Waals surface area contributed by atoms with Gasteiger partial charge >= 0.3 is 0 Å². The van der Waals surface area contributed by atoms with Crippen molar-refractivity contribution in [1.29, 1.82) is 0 Å². The van der Waals surface area contributed by atoms with E-state index in [2.05, 4.69) is 6.07 Å². The van der Waals surface area contributed by atoms with Crippen molar-refractivity contribution in [2.75, 3.05) is 14.2 Å². The number of methoxy groups -OCH3 is 1. The topological polar surface area (TPSA) is 72.6 Å². The molecule has 150 valence electrons. The summed E-state index contributed by atoms with van der Waals surface area (Å²) in [6.45, 7) is 3.86. The number of primary amides is 1. The molecule has 0 aliphatic heterocycles. The molecule has 0 radical (unpaired) electrons. The van der Waals surface area contributed by atoms with Gasteiger partial charge in [-0.1, -0.05) is 42.0 Å². The van der Waals surface area contributed by atoms with Gasteiger partial charge in [-0.05, 0) is 48.4 Å². The lowest BCUT2D eigenvalue weighted by Crippen LogP contribution is -2.37. The molecule has 0 aromatic heterocycles. The number of rotatable bonds is 6. The van der Waals surface area contributed by atoms with Gasteiger partial charge in [0, 0.05) is 30.6 Å². The first-order chi connectivity index (χ1) is 13.8. The zero-order valence-corrected chi connectivity index (χ0v) is 17.2. The van der Waals surface area contributed by atoms with E-state index >= 15 is 0 Å². The summed E-state index contributed by atoms with van der Waals surface area (Å²) < 4.78 is 5.57. The maximum Gasteiger partial charge on any atom is 0.254 e. The van der Waals surface area contributed by atoms with E-state index in [9.17, 15) is 9.59 Å². The van der Waals surface area contributed by atoms with E-state index in [0.717, 1.165) is 33.2 Å². The molecule has 2 amide bonds. The van der Waals surface area contributed by atoms with Gasteiger partial charge in [0.15, 0.2) is 0 Å². The van der Waals surface area contributed by atoms with Crippen LogP contribution in [-0.4, -0.2) is 36.9 Å². The smallest absolute Gasteiger partial charge is 0.254 e. The minimum Gasteiger partial charge on any atom is -0.496 e. The van der Waals surface area contributed by atoms with Crippen LogP contribution in [0.4, 0.5) is 0 Å². The number of hydrogen-bond donors (Lipinski definition) is 1. The first-order valence-electron chi connectivity index (χ1n) is 9.55. The highest BCUT2D eigenvalue weighted by molar-refractivity contribution is 6.10. The predicted molar refractivity (Wildman–Crippen MR) is 116 cm³/mol. The van der Waals surface area contributed by atoms with Crippen molar-refractivity contribution in [2.24, 2.45) is 5.73 Å². The summed E-state index contributed by atoms with van der Waals surface area (Å²) in [5.74, 6) is 0.216. The molecule has 2 N–H and O–H groups in total. The fraction of sp³-hybridized carbons (Fsp3) is 0.250. The number of amides is 2. The van der Waals surface area contributed by atoms with Crippen LogP contribution in [0.25, 0.3) is 21.9 Å². The monoisotopic (exact) mass is 390 g/mol. The molecule has 3 aromatic carbocycles. The largest absolute Gasteiger partial charge is 0.496 e. The van der Waals surface area contributed by atoms with Gasteiger partial charge in [-0.2, -0.15) is 0 Å². The average Bonchev–Trinajstić information content (AvgIpc) is 2.71.